The fourth-order valence-corrected chi connectivity index (χ4v) is 3.13. The van der Waals surface area contributed by atoms with Gasteiger partial charge in [-0.05, 0) is 76.3 Å². The van der Waals surface area contributed by atoms with Crippen LogP contribution in [0, 0.1) is 16.0 Å². The van der Waals surface area contributed by atoms with E-state index in [2.05, 4.69) is 4.98 Å². The van der Waals surface area contributed by atoms with Crippen molar-refractivity contribution < 1.29 is 24.0 Å². The van der Waals surface area contributed by atoms with Crippen molar-refractivity contribution in [3.8, 4) is 0 Å². The molecule has 0 spiro atoms. The lowest BCUT2D eigenvalue weighted by molar-refractivity contribution is -0.389. The zero-order valence-electron chi connectivity index (χ0n) is 19.1. The van der Waals surface area contributed by atoms with Crippen molar-refractivity contribution >= 4 is 23.7 Å². The second kappa shape index (κ2) is 9.49. The third kappa shape index (κ3) is 7.69. The molecule has 1 saturated heterocycles. The van der Waals surface area contributed by atoms with Gasteiger partial charge in [-0.15, -0.1) is 0 Å². The highest BCUT2D eigenvalue weighted by Gasteiger charge is 2.31. The normalized spacial score (nSPS) is 15.4. The summed E-state index contributed by atoms with van der Waals surface area (Å²) >= 11 is 0. The number of rotatable bonds is 4. The van der Waals surface area contributed by atoms with Crippen LogP contribution in [0.15, 0.2) is 18.3 Å². The van der Waals surface area contributed by atoms with Crippen LogP contribution in [-0.2, 0) is 9.47 Å². The van der Waals surface area contributed by atoms with Gasteiger partial charge in [0.25, 0.3) is 0 Å². The van der Waals surface area contributed by atoms with Gasteiger partial charge in [0, 0.05) is 25.7 Å². The average Bonchev–Trinajstić information content (AvgIpc) is 2.64. The number of hydrogen-bond acceptors (Lipinski definition) is 7. The molecule has 0 radical (unpaired) electrons. The van der Waals surface area contributed by atoms with Crippen LogP contribution in [-0.4, -0.2) is 57.8 Å². The number of piperidine rings is 1. The highest BCUT2D eigenvalue weighted by atomic mass is 16.6. The zero-order chi connectivity index (χ0) is 23.4. The van der Waals surface area contributed by atoms with E-state index in [0.29, 0.717) is 38.2 Å². The lowest BCUT2D eigenvalue weighted by Crippen LogP contribution is -2.45. The molecule has 0 atom stereocenters. The molecule has 0 unspecified atom stereocenters. The van der Waals surface area contributed by atoms with Gasteiger partial charge in [-0.25, -0.2) is 9.59 Å². The largest absolute Gasteiger partial charge is 0.444 e. The number of likely N-dealkylation sites (tertiary alicyclic amines) is 1. The van der Waals surface area contributed by atoms with E-state index >= 15 is 0 Å². The molecule has 1 fully saturated rings. The highest BCUT2D eigenvalue weighted by Crippen LogP contribution is 2.25. The summed E-state index contributed by atoms with van der Waals surface area (Å²) in [6, 6.07) is 2.75. The lowest BCUT2D eigenvalue weighted by atomic mass is 9.96. The van der Waals surface area contributed by atoms with Crippen LogP contribution in [0.3, 0.4) is 0 Å². The molecule has 0 N–H and O–H groups in total. The van der Waals surface area contributed by atoms with Gasteiger partial charge in [-0.2, -0.15) is 0 Å². The standard InChI is InChI=1S/C21H32N4O6/c1-20(2,3)30-18(26)23-11-9-15(10-12-23)14-24(19(27)31-21(4,5)6)16-7-8-17(22-13-16)25(28)29/h7-8,13,15H,9-12,14H2,1-6H3. The quantitative estimate of drug-likeness (QED) is 0.508. The monoisotopic (exact) mass is 436 g/mol. The summed E-state index contributed by atoms with van der Waals surface area (Å²) in [6.45, 7) is 12.2. The number of nitro groups is 1. The van der Waals surface area contributed by atoms with Crippen LogP contribution >= 0.6 is 0 Å². The van der Waals surface area contributed by atoms with Crippen molar-refractivity contribution in [2.75, 3.05) is 24.5 Å². The highest BCUT2D eigenvalue weighted by molar-refractivity contribution is 5.87. The Labute approximate surface area is 182 Å². The molecule has 2 amide bonds. The molecule has 2 heterocycles. The summed E-state index contributed by atoms with van der Waals surface area (Å²) < 4.78 is 11.0. The summed E-state index contributed by atoms with van der Waals surface area (Å²) in [7, 11) is 0. The third-order valence-corrected chi connectivity index (χ3v) is 4.55. The van der Waals surface area contributed by atoms with Crippen LogP contribution in [0.25, 0.3) is 0 Å². The molecule has 1 aliphatic heterocycles. The Morgan fingerprint density at radius 3 is 2.16 bits per heavy atom. The fraction of sp³-hybridized carbons (Fsp3) is 0.667. The maximum atomic E-state index is 12.8. The molecule has 0 saturated carbocycles. The van der Waals surface area contributed by atoms with E-state index < -0.39 is 22.2 Å². The summed E-state index contributed by atoms with van der Waals surface area (Å²) in [6.07, 6.45) is 1.81. The number of ether oxygens (including phenoxy) is 2. The van der Waals surface area contributed by atoms with Crippen LogP contribution in [0.1, 0.15) is 54.4 Å². The number of amides is 2. The molecule has 0 aromatic carbocycles. The van der Waals surface area contributed by atoms with Gasteiger partial charge in [0.15, 0.2) is 6.20 Å². The molecule has 1 aromatic heterocycles. The predicted molar refractivity (Wildman–Crippen MR) is 115 cm³/mol. The molecule has 172 valence electrons. The Bertz CT molecular complexity index is 790. The molecular weight excluding hydrogens is 404 g/mol. The second-order valence-electron chi connectivity index (χ2n) is 9.63. The first kappa shape index (κ1) is 24.4. The van der Waals surface area contributed by atoms with Crippen molar-refractivity contribution in [2.24, 2.45) is 5.92 Å². The lowest BCUT2D eigenvalue weighted by Gasteiger charge is -2.35. The van der Waals surface area contributed by atoms with Gasteiger partial charge >= 0.3 is 18.0 Å². The zero-order valence-corrected chi connectivity index (χ0v) is 19.1. The summed E-state index contributed by atoms with van der Waals surface area (Å²) in [4.78, 5) is 42.4. The van der Waals surface area contributed by atoms with Gasteiger partial charge in [0.05, 0.1) is 5.69 Å². The van der Waals surface area contributed by atoms with Crippen LogP contribution in [0.2, 0.25) is 0 Å². The Kier molecular flexibility index (Phi) is 7.45. The number of aromatic nitrogens is 1. The van der Waals surface area contributed by atoms with Gasteiger partial charge < -0.3 is 24.5 Å². The first-order valence-electron chi connectivity index (χ1n) is 10.3. The average molecular weight is 437 g/mol. The Hall–Kier alpha value is -2.91. The minimum absolute atomic E-state index is 0.126. The number of hydrogen-bond donors (Lipinski definition) is 0. The van der Waals surface area contributed by atoms with E-state index in [1.165, 1.54) is 23.2 Å². The summed E-state index contributed by atoms with van der Waals surface area (Å²) in [5.74, 6) is -0.167. The number of carbonyl (C=O) groups excluding carboxylic acids is 2. The van der Waals surface area contributed by atoms with E-state index in [0.717, 1.165) is 0 Å². The number of nitrogens with zero attached hydrogens (tertiary/aromatic N) is 4. The molecule has 10 heteroatoms. The Morgan fingerprint density at radius 2 is 1.71 bits per heavy atom. The molecule has 0 aliphatic carbocycles. The molecular formula is C21H32N4O6. The summed E-state index contributed by atoms with van der Waals surface area (Å²) in [5, 5.41) is 10.9. The van der Waals surface area contributed by atoms with E-state index in [9.17, 15) is 19.7 Å². The van der Waals surface area contributed by atoms with Gasteiger partial charge in [0.2, 0.25) is 0 Å². The van der Waals surface area contributed by atoms with Crippen LogP contribution in [0.5, 0.6) is 0 Å². The first-order chi connectivity index (χ1) is 14.2. The third-order valence-electron chi connectivity index (χ3n) is 4.55. The minimum Gasteiger partial charge on any atom is -0.444 e. The van der Waals surface area contributed by atoms with Gasteiger partial charge in [0.1, 0.15) is 11.2 Å². The van der Waals surface area contributed by atoms with Gasteiger partial charge in [-0.1, -0.05) is 0 Å². The maximum absolute atomic E-state index is 12.8. The number of anilines is 1. The smallest absolute Gasteiger partial charge is 0.414 e. The molecule has 1 aliphatic rings. The van der Waals surface area contributed by atoms with Crippen molar-refractivity contribution in [1.82, 2.24) is 9.88 Å². The molecule has 0 bridgehead atoms. The molecule has 10 nitrogen and oxygen atoms in total. The molecule has 1 aromatic rings. The topological polar surface area (TPSA) is 115 Å². The van der Waals surface area contributed by atoms with Crippen molar-refractivity contribution in [3.63, 3.8) is 0 Å². The predicted octanol–water partition coefficient (Wildman–Crippen LogP) is 4.38. The minimum atomic E-state index is -0.691. The number of carbonyl (C=O) groups is 2. The van der Waals surface area contributed by atoms with Gasteiger partial charge in [-0.3, -0.25) is 4.90 Å². The SMILES string of the molecule is CC(C)(C)OC(=O)N1CCC(CN(C(=O)OC(C)(C)C)c2ccc([N+](=O)[O-])nc2)CC1. The first-order valence-corrected chi connectivity index (χ1v) is 10.3. The van der Waals surface area contributed by atoms with E-state index in [4.69, 9.17) is 9.47 Å². The molecule has 31 heavy (non-hydrogen) atoms. The Balaban J connectivity index is 2.09. The van der Waals surface area contributed by atoms with Crippen molar-refractivity contribution in [2.45, 2.75) is 65.6 Å². The maximum Gasteiger partial charge on any atom is 0.414 e. The fourth-order valence-electron chi connectivity index (χ4n) is 3.13. The summed E-state index contributed by atoms with van der Waals surface area (Å²) in [5.41, 5.74) is -0.817. The van der Waals surface area contributed by atoms with E-state index in [1.54, 1.807) is 25.7 Å². The van der Waals surface area contributed by atoms with Crippen LogP contribution in [0.4, 0.5) is 21.1 Å². The van der Waals surface area contributed by atoms with E-state index in [-0.39, 0.29) is 17.8 Å². The van der Waals surface area contributed by atoms with Crippen molar-refractivity contribution in [3.05, 3.63) is 28.4 Å². The Morgan fingerprint density at radius 1 is 1.13 bits per heavy atom. The van der Waals surface area contributed by atoms with Crippen LogP contribution < -0.4 is 4.90 Å². The molecule has 2 rings (SSSR count). The second-order valence-corrected chi connectivity index (χ2v) is 9.63. The van der Waals surface area contributed by atoms with E-state index in [1.807, 2.05) is 20.8 Å². The van der Waals surface area contributed by atoms with Crippen molar-refractivity contribution in [1.29, 1.82) is 0 Å². The number of pyridine rings is 1.